The first kappa shape index (κ1) is 15.7. The summed E-state index contributed by atoms with van der Waals surface area (Å²) in [6.07, 6.45) is 4.59. The van der Waals surface area contributed by atoms with Gasteiger partial charge < -0.3 is 4.74 Å². The number of hydrogen-bond donors (Lipinski definition) is 0. The molecule has 0 bridgehead atoms. The fraction of sp³-hybridized carbons (Fsp3) is 0.625. The van der Waals surface area contributed by atoms with E-state index in [2.05, 4.69) is 60.1 Å². The van der Waals surface area contributed by atoms with E-state index in [1.54, 1.807) is 0 Å². The number of ether oxygens (including phenoxy) is 1. The molecule has 18 heavy (non-hydrogen) atoms. The number of unbranched alkanes of at least 4 members (excludes halogenated alkanes) is 1. The molecule has 0 fully saturated rings. The van der Waals surface area contributed by atoms with Gasteiger partial charge >= 0.3 is 0 Å². The first-order chi connectivity index (χ1) is 8.79. The van der Waals surface area contributed by atoms with Gasteiger partial charge in [0.15, 0.2) is 0 Å². The summed E-state index contributed by atoms with van der Waals surface area (Å²) in [5.74, 6) is 0. The molecule has 0 amide bonds. The Morgan fingerprint density at radius 3 is 2.39 bits per heavy atom. The maximum absolute atomic E-state index is 5.73. The summed E-state index contributed by atoms with van der Waals surface area (Å²) in [5, 5.41) is 0.998. The Hall–Kier alpha value is -0.340. The average Bonchev–Trinajstić information content (AvgIpc) is 2.44. The summed E-state index contributed by atoms with van der Waals surface area (Å²) < 4.78 is 5.73. The van der Waals surface area contributed by atoms with Gasteiger partial charge in [-0.2, -0.15) is 0 Å². The molecule has 0 radical (unpaired) electrons. The predicted molar refractivity (Wildman–Crippen MR) is 82.5 cm³/mol. The molecule has 0 aliphatic rings. The van der Waals surface area contributed by atoms with Crippen molar-refractivity contribution in [1.82, 2.24) is 0 Å². The molecule has 0 saturated heterocycles. The minimum absolute atomic E-state index is 0.216. The van der Waals surface area contributed by atoms with Crippen molar-refractivity contribution in [3.8, 4) is 0 Å². The fourth-order valence-corrected chi connectivity index (χ4v) is 3.17. The number of rotatable bonds is 9. The van der Waals surface area contributed by atoms with Gasteiger partial charge in [-0.15, -0.1) is 0 Å². The quantitative estimate of drug-likeness (QED) is 0.464. The van der Waals surface area contributed by atoms with Crippen molar-refractivity contribution >= 4 is 15.9 Å². The van der Waals surface area contributed by atoms with Crippen molar-refractivity contribution in [3.63, 3.8) is 0 Å². The lowest BCUT2D eigenvalue weighted by Crippen LogP contribution is -2.29. The van der Waals surface area contributed by atoms with E-state index < -0.39 is 0 Å². The average molecular weight is 313 g/mol. The second-order valence-corrected chi connectivity index (χ2v) is 5.41. The van der Waals surface area contributed by atoms with E-state index in [0.717, 1.165) is 31.4 Å². The molecule has 0 heterocycles. The molecule has 1 nitrogen and oxygen atoms in total. The molecule has 1 atom stereocenters. The van der Waals surface area contributed by atoms with Crippen molar-refractivity contribution in [2.24, 2.45) is 0 Å². The summed E-state index contributed by atoms with van der Waals surface area (Å²) in [6.45, 7) is 6.21. The molecule has 0 saturated carbocycles. The molecule has 0 aliphatic carbocycles. The lowest BCUT2D eigenvalue weighted by Gasteiger charge is -2.31. The maximum Gasteiger partial charge on any atom is 0.0474 e. The zero-order valence-corrected chi connectivity index (χ0v) is 13.2. The lowest BCUT2D eigenvalue weighted by molar-refractivity contribution is 0.113. The highest BCUT2D eigenvalue weighted by Crippen LogP contribution is 2.33. The van der Waals surface area contributed by atoms with E-state index in [4.69, 9.17) is 4.74 Å². The van der Waals surface area contributed by atoms with Crippen LogP contribution in [-0.2, 0) is 10.2 Å². The van der Waals surface area contributed by atoms with Gasteiger partial charge in [0.05, 0.1) is 0 Å². The lowest BCUT2D eigenvalue weighted by atomic mass is 9.77. The van der Waals surface area contributed by atoms with Crippen molar-refractivity contribution in [2.45, 2.75) is 44.9 Å². The molecule has 0 N–H and O–H groups in total. The third-order valence-corrected chi connectivity index (χ3v) is 4.76. The highest BCUT2D eigenvalue weighted by Gasteiger charge is 2.28. The Kier molecular flexibility index (Phi) is 7.60. The van der Waals surface area contributed by atoms with Gasteiger partial charge in [-0.05, 0) is 24.8 Å². The monoisotopic (exact) mass is 312 g/mol. The molecule has 0 spiro atoms. The third-order valence-electron chi connectivity index (χ3n) is 3.69. The minimum Gasteiger partial charge on any atom is -0.381 e. The van der Waals surface area contributed by atoms with Crippen molar-refractivity contribution in [1.29, 1.82) is 0 Å². The van der Waals surface area contributed by atoms with Gasteiger partial charge in [0.2, 0.25) is 0 Å². The molecule has 2 heteroatoms. The van der Waals surface area contributed by atoms with Crippen LogP contribution >= 0.6 is 15.9 Å². The Morgan fingerprint density at radius 1 is 1.11 bits per heavy atom. The van der Waals surface area contributed by atoms with Crippen LogP contribution in [-0.4, -0.2) is 18.5 Å². The van der Waals surface area contributed by atoms with Crippen molar-refractivity contribution in [3.05, 3.63) is 35.9 Å². The molecular weight excluding hydrogens is 288 g/mol. The zero-order valence-electron chi connectivity index (χ0n) is 11.6. The van der Waals surface area contributed by atoms with E-state index >= 15 is 0 Å². The Morgan fingerprint density at radius 2 is 1.83 bits per heavy atom. The van der Waals surface area contributed by atoms with Crippen LogP contribution in [0.2, 0.25) is 0 Å². The van der Waals surface area contributed by atoms with E-state index in [9.17, 15) is 0 Å². The third kappa shape index (κ3) is 4.40. The minimum atomic E-state index is 0.216. The van der Waals surface area contributed by atoms with Crippen LogP contribution in [0.3, 0.4) is 0 Å². The van der Waals surface area contributed by atoms with Crippen LogP contribution in [0.25, 0.3) is 0 Å². The van der Waals surface area contributed by atoms with Gasteiger partial charge in [-0.1, -0.05) is 66.5 Å². The second-order valence-electron chi connectivity index (χ2n) is 4.85. The molecule has 1 unspecified atom stereocenters. The van der Waals surface area contributed by atoms with Crippen LogP contribution in [0.15, 0.2) is 30.3 Å². The fourth-order valence-electron chi connectivity index (χ4n) is 2.17. The SMILES string of the molecule is CCCCOCCC(CC)(CBr)c1ccccc1. The Labute approximate surface area is 120 Å². The van der Waals surface area contributed by atoms with Gasteiger partial charge in [0, 0.05) is 24.0 Å². The molecule has 0 aliphatic heterocycles. The Bertz CT molecular complexity index is 306. The summed E-state index contributed by atoms with van der Waals surface area (Å²) in [6, 6.07) is 10.8. The Balaban J connectivity index is 2.58. The smallest absolute Gasteiger partial charge is 0.0474 e. The first-order valence-electron chi connectivity index (χ1n) is 6.98. The normalized spacial score (nSPS) is 14.4. The molecular formula is C16H25BrO. The topological polar surface area (TPSA) is 9.23 Å². The highest BCUT2D eigenvalue weighted by atomic mass is 79.9. The van der Waals surface area contributed by atoms with E-state index in [0.29, 0.717) is 0 Å². The van der Waals surface area contributed by atoms with Crippen LogP contribution in [0.1, 0.15) is 45.1 Å². The summed E-state index contributed by atoms with van der Waals surface area (Å²) in [5.41, 5.74) is 1.64. The highest BCUT2D eigenvalue weighted by molar-refractivity contribution is 9.09. The van der Waals surface area contributed by atoms with E-state index in [1.165, 1.54) is 18.4 Å². The van der Waals surface area contributed by atoms with Crippen LogP contribution in [0, 0.1) is 0 Å². The van der Waals surface area contributed by atoms with Gasteiger partial charge in [-0.25, -0.2) is 0 Å². The maximum atomic E-state index is 5.73. The van der Waals surface area contributed by atoms with Crippen LogP contribution < -0.4 is 0 Å². The number of alkyl halides is 1. The van der Waals surface area contributed by atoms with E-state index in [-0.39, 0.29) is 5.41 Å². The first-order valence-corrected chi connectivity index (χ1v) is 8.10. The summed E-state index contributed by atoms with van der Waals surface area (Å²) >= 11 is 3.70. The van der Waals surface area contributed by atoms with Crippen LogP contribution in [0.5, 0.6) is 0 Å². The zero-order chi connectivity index (χ0) is 13.3. The number of halogens is 1. The van der Waals surface area contributed by atoms with Gasteiger partial charge in [0.25, 0.3) is 0 Å². The van der Waals surface area contributed by atoms with Crippen molar-refractivity contribution in [2.75, 3.05) is 18.5 Å². The molecule has 0 aromatic heterocycles. The summed E-state index contributed by atoms with van der Waals surface area (Å²) in [4.78, 5) is 0. The number of hydrogen-bond acceptors (Lipinski definition) is 1. The van der Waals surface area contributed by atoms with Crippen LogP contribution in [0.4, 0.5) is 0 Å². The second kappa shape index (κ2) is 8.71. The number of benzene rings is 1. The largest absolute Gasteiger partial charge is 0.381 e. The molecule has 1 aromatic carbocycles. The van der Waals surface area contributed by atoms with Gasteiger partial charge in [-0.3, -0.25) is 0 Å². The summed E-state index contributed by atoms with van der Waals surface area (Å²) in [7, 11) is 0. The molecule has 1 aromatic rings. The van der Waals surface area contributed by atoms with Gasteiger partial charge in [0.1, 0.15) is 0 Å². The molecule has 1 rings (SSSR count). The standard InChI is InChI=1S/C16H25BrO/c1-3-5-12-18-13-11-16(4-2,14-17)15-9-7-6-8-10-15/h6-10H,3-5,11-14H2,1-2H3. The van der Waals surface area contributed by atoms with E-state index in [1.807, 2.05) is 0 Å². The van der Waals surface area contributed by atoms with Crippen molar-refractivity contribution < 1.29 is 4.74 Å². The predicted octanol–water partition coefficient (Wildman–Crippen LogP) is 4.94. The molecule has 102 valence electrons.